The molecule has 0 saturated heterocycles. The summed E-state index contributed by atoms with van der Waals surface area (Å²) in [6.45, 7) is 0. The summed E-state index contributed by atoms with van der Waals surface area (Å²) < 4.78 is 134. The lowest BCUT2D eigenvalue weighted by Crippen LogP contribution is -2.12. The number of aromatic nitrogens is 1. The molecule has 0 aliphatic heterocycles. The fraction of sp³-hybridized carbons (Fsp3) is 0. The van der Waals surface area contributed by atoms with Crippen LogP contribution in [0.3, 0.4) is 0 Å². The van der Waals surface area contributed by atoms with Gasteiger partial charge in [-0.3, -0.25) is 0 Å². The molecule has 0 saturated carbocycles. The van der Waals surface area contributed by atoms with Gasteiger partial charge >= 0.3 is 0 Å². The number of hydrogen-bond donors (Lipinski definition) is 0. The van der Waals surface area contributed by atoms with Crippen molar-refractivity contribution >= 4 is 60.8 Å². The van der Waals surface area contributed by atoms with Crippen LogP contribution in [0.5, 0.6) is 0 Å². The summed E-state index contributed by atoms with van der Waals surface area (Å²) in [5.41, 5.74) is 1.76. The van der Waals surface area contributed by atoms with Gasteiger partial charge in [0.2, 0.25) is 0 Å². The summed E-state index contributed by atoms with van der Waals surface area (Å²) >= 11 is 0. The van der Waals surface area contributed by atoms with Gasteiger partial charge in [0.25, 0.3) is 0 Å². The van der Waals surface area contributed by atoms with Crippen molar-refractivity contribution in [1.82, 2.24) is 4.57 Å². The molecule has 0 amide bonds. The fourth-order valence-electron chi connectivity index (χ4n) is 6.94. The molecule has 8 aromatic carbocycles. The number of anilines is 3. The first-order valence-corrected chi connectivity index (χ1v) is 16.2. The highest BCUT2D eigenvalue weighted by molar-refractivity contribution is 6.15. The fourth-order valence-corrected chi connectivity index (χ4v) is 6.94. The molecule has 10 rings (SSSR count). The van der Waals surface area contributed by atoms with E-state index in [0.717, 1.165) is 32.1 Å². The third kappa shape index (κ3) is 4.74. The van der Waals surface area contributed by atoms with Crippen molar-refractivity contribution in [3.05, 3.63) is 194 Å². The number of rotatable bonds is 6. The van der Waals surface area contributed by atoms with Crippen LogP contribution >= 0.6 is 0 Å². The van der Waals surface area contributed by atoms with Crippen LogP contribution in [0.1, 0.15) is 19.2 Å². The molecule has 51 heavy (non-hydrogen) atoms. The van der Waals surface area contributed by atoms with Crippen molar-refractivity contribution in [1.29, 1.82) is 0 Å². The van der Waals surface area contributed by atoms with Gasteiger partial charge in [0.05, 0.1) is 47.2 Å². The Hall–Kier alpha value is -6.84. The summed E-state index contributed by atoms with van der Waals surface area (Å²) in [5.74, 6) is 0. The predicted octanol–water partition coefficient (Wildman–Crippen LogP) is 13.5. The van der Waals surface area contributed by atoms with Gasteiger partial charge in [0.15, 0.2) is 0 Å². The van der Waals surface area contributed by atoms with Crippen molar-refractivity contribution in [2.45, 2.75) is 0 Å². The second kappa shape index (κ2) is 11.9. The van der Waals surface area contributed by atoms with E-state index in [2.05, 4.69) is 4.57 Å². The monoisotopic (exact) mass is 666 g/mol. The van der Waals surface area contributed by atoms with E-state index in [1.807, 2.05) is 91.0 Å². The molecule has 0 atom stereocenters. The SMILES string of the molecule is [2H]c1c([2H])c([2H])c(-c2c([2H])c([2H])c([2H])c(N(c3ccc4c(oc5ccccc54)c3-c3ccccc3-n3c4ccccc4c4ccccc43)c3c([2H])c([2H])c([2H])c([2H])c3[2H])c2[2H])c([2H])c1[2H]. The molecule has 0 unspecified atom stereocenters. The number of benzene rings is 8. The number of hydrogen-bond acceptors (Lipinski definition) is 2. The number of nitrogens with zero attached hydrogens (tertiary/aromatic N) is 2. The lowest BCUT2D eigenvalue weighted by Gasteiger charge is -2.29. The molecule has 3 nitrogen and oxygen atoms in total. The van der Waals surface area contributed by atoms with Crippen molar-refractivity contribution in [3.63, 3.8) is 0 Å². The third-order valence-corrected chi connectivity index (χ3v) is 9.06. The van der Waals surface area contributed by atoms with Gasteiger partial charge < -0.3 is 13.9 Å². The quantitative estimate of drug-likeness (QED) is 0.176. The third-order valence-electron chi connectivity index (χ3n) is 9.06. The zero-order valence-corrected chi connectivity index (χ0v) is 26.7. The maximum Gasteiger partial charge on any atom is 0.145 e. The standard InChI is InChI=1S/C48H32N2O/c1-3-16-33(17-4-1)34-18-15-21-36(32-34)49(35-19-5-2-6-20-35)45-31-30-40-39-24-10-14-29-46(39)51-48(40)47(45)41-25-9-13-28-44(41)50-42-26-11-7-22-37(42)38-23-8-12-27-43(38)50/h1-32H/i1D,2D,3D,4D,5D,6D,15D,16D,17D,18D,19D,20D,21D,32D. The number of furan rings is 1. The molecule has 10 aromatic rings. The molecule has 3 heteroatoms. The first kappa shape index (κ1) is 18.2. The summed E-state index contributed by atoms with van der Waals surface area (Å²) in [6, 6.07) is 23.3. The second-order valence-electron chi connectivity index (χ2n) is 11.9. The van der Waals surface area contributed by atoms with Gasteiger partial charge in [-0.25, -0.2) is 0 Å². The Morgan fingerprint density at radius 2 is 1.10 bits per heavy atom. The highest BCUT2D eigenvalue weighted by atomic mass is 16.3. The Balaban J connectivity index is 1.42. The van der Waals surface area contributed by atoms with E-state index in [1.165, 1.54) is 0 Å². The Morgan fingerprint density at radius 3 is 1.86 bits per heavy atom. The summed E-state index contributed by atoms with van der Waals surface area (Å²) in [6.07, 6.45) is 0. The normalized spacial score (nSPS) is 15.4. The first-order chi connectivity index (χ1) is 31.1. The molecule has 0 radical (unpaired) electrons. The topological polar surface area (TPSA) is 21.3 Å². The van der Waals surface area contributed by atoms with E-state index in [0.29, 0.717) is 33.4 Å². The average Bonchev–Trinajstić information content (AvgIpc) is 3.87. The molecule has 0 N–H and O–H groups in total. The van der Waals surface area contributed by atoms with E-state index < -0.39 is 107 Å². The summed E-state index contributed by atoms with van der Waals surface area (Å²) in [5, 5.41) is 3.31. The molecule has 0 spiro atoms. The second-order valence-corrected chi connectivity index (χ2v) is 11.9. The smallest absolute Gasteiger partial charge is 0.145 e. The molecular formula is C48H32N2O. The molecule has 2 aromatic heterocycles. The van der Waals surface area contributed by atoms with Crippen LogP contribution in [0.25, 0.3) is 71.7 Å². The minimum atomic E-state index is -0.813. The van der Waals surface area contributed by atoms with Crippen LogP contribution in [-0.2, 0) is 0 Å². The zero-order valence-electron chi connectivity index (χ0n) is 40.7. The Labute approximate surface area is 315 Å². The van der Waals surface area contributed by atoms with Gasteiger partial charge in [-0.05, 0) is 71.7 Å². The van der Waals surface area contributed by atoms with Gasteiger partial charge in [0, 0.05) is 38.5 Å². The highest BCUT2D eigenvalue weighted by Crippen LogP contribution is 2.49. The van der Waals surface area contributed by atoms with Gasteiger partial charge in [0.1, 0.15) is 11.2 Å². The van der Waals surface area contributed by atoms with Gasteiger partial charge in [-0.2, -0.15) is 0 Å². The Kier molecular flexibility index (Phi) is 4.27. The molecule has 240 valence electrons. The Bertz CT molecular complexity index is 3580. The van der Waals surface area contributed by atoms with Crippen LogP contribution in [0.15, 0.2) is 198 Å². The molecule has 0 bridgehead atoms. The van der Waals surface area contributed by atoms with Crippen molar-refractivity contribution in [2.24, 2.45) is 0 Å². The maximum atomic E-state index is 9.85. The van der Waals surface area contributed by atoms with Crippen molar-refractivity contribution in [2.75, 3.05) is 4.90 Å². The minimum Gasteiger partial charge on any atom is -0.455 e. The Morgan fingerprint density at radius 1 is 0.490 bits per heavy atom. The number of fused-ring (bicyclic) bond motifs is 6. The van der Waals surface area contributed by atoms with Crippen LogP contribution in [0.2, 0.25) is 0 Å². The first-order valence-electron chi connectivity index (χ1n) is 23.2. The maximum absolute atomic E-state index is 9.85. The van der Waals surface area contributed by atoms with Crippen LogP contribution in [0, 0.1) is 0 Å². The van der Waals surface area contributed by atoms with E-state index >= 15 is 0 Å². The zero-order chi connectivity index (χ0) is 45.9. The van der Waals surface area contributed by atoms with E-state index in [9.17, 15) is 5.48 Å². The predicted molar refractivity (Wildman–Crippen MR) is 214 cm³/mol. The van der Waals surface area contributed by atoms with Crippen LogP contribution in [-0.4, -0.2) is 4.57 Å². The molecule has 2 heterocycles. The van der Waals surface area contributed by atoms with Gasteiger partial charge in [-0.1, -0.05) is 133 Å². The minimum absolute atomic E-state index is 0.0365. The van der Waals surface area contributed by atoms with E-state index in [1.54, 1.807) is 18.2 Å². The lowest BCUT2D eigenvalue weighted by atomic mass is 9.96. The van der Waals surface area contributed by atoms with Gasteiger partial charge in [-0.15, -0.1) is 0 Å². The average molecular weight is 667 g/mol. The molecule has 0 fully saturated rings. The number of para-hydroxylation sites is 5. The summed E-state index contributed by atoms with van der Waals surface area (Å²) in [7, 11) is 0. The van der Waals surface area contributed by atoms with Crippen molar-refractivity contribution in [3.8, 4) is 27.9 Å². The molecule has 0 aliphatic rings. The van der Waals surface area contributed by atoms with E-state index in [-0.39, 0.29) is 5.69 Å². The van der Waals surface area contributed by atoms with Crippen LogP contribution < -0.4 is 4.90 Å². The molecule has 0 aliphatic carbocycles. The van der Waals surface area contributed by atoms with E-state index in [4.69, 9.17) is 18.1 Å². The van der Waals surface area contributed by atoms with Crippen LogP contribution in [0.4, 0.5) is 17.1 Å². The summed E-state index contributed by atoms with van der Waals surface area (Å²) in [4.78, 5) is 1.12. The largest absolute Gasteiger partial charge is 0.455 e. The molecular weight excluding hydrogens is 621 g/mol. The van der Waals surface area contributed by atoms with Crippen molar-refractivity contribution < 1.29 is 23.6 Å². The highest BCUT2D eigenvalue weighted by Gasteiger charge is 2.25. The lowest BCUT2D eigenvalue weighted by molar-refractivity contribution is 0.670.